The summed E-state index contributed by atoms with van der Waals surface area (Å²) in [5, 5.41) is 24.2. The third-order valence-corrected chi connectivity index (χ3v) is 5.11. The van der Waals surface area contributed by atoms with E-state index in [1.165, 1.54) is 0 Å². The summed E-state index contributed by atoms with van der Waals surface area (Å²) in [6.07, 6.45) is 3.08. The molecule has 2 heterocycles. The van der Waals surface area contributed by atoms with E-state index in [0.717, 1.165) is 16.9 Å². The number of nitrogens with zero attached hydrogens (tertiary/aromatic N) is 5. The van der Waals surface area contributed by atoms with Crippen LogP contribution < -0.4 is 5.32 Å². The van der Waals surface area contributed by atoms with Gasteiger partial charge < -0.3 is 10.4 Å². The molecule has 144 valence electrons. The number of carbonyl (C=O) groups is 1. The molecule has 2 N–H and O–H groups in total. The number of benzene rings is 1. The second-order valence-electron chi connectivity index (χ2n) is 7.17. The molecule has 1 aliphatic carbocycles. The lowest BCUT2D eigenvalue weighted by atomic mass is 9.76. The summed E-state index contributed by atoms with van der Waals surface area (Å²) in [4.78, 5) is 17.0. The van der Waals surface area contributed by atoms with E-state index in [2.05, 4.69) is 25.8 Å². The van der Waals surface area contributed by atoms with Crippen LogP contribution in [0.5, 0.6) is 0 Å². The molecule has 4 rings (SSSR count). The van der Waals surface area contributed by atoms with E-state index >= 15 is 0 Å². The highest BCUT2D eigenvalue weighted by Gasteiger charge is 2.36. The molecule has 0 aliphatic heterocycles. The van der Waals surface area contributed by atoms with Crippen molar-refractivity contribution in [1.29, 1.82) is 0 Å². The molecule has 1 aliphatic rings. The summed E-state index contributed by atoms with van der Waals surface area (Å²) in [5.74, 6) is 0.841. The summed E-state index contributed by atoms with van der Waals surface area (Å²) >= 11 is 0. The maximum absolute atomic E-state index is 12.7. The lowest BCUT2D eigenvalue weighted by molar-refractivity contribution is -0.122. The Morgan fingerprint density at radius 1 is 1.25 bits per heavy atom. The van der Waals surface area contributed by atoms with E-state index in [4.69, 9.17) is 0 Å². The highest BCUT2D eigenvalue weighted by Crippen LogP contribution is 2.37. The van der Waals surface area contributed by atoms with Gasteiger partial charge >= 0.3 is 0 Å². The minimum absolute atomic E-state index is 0.0663. The van der Waals surface area contributed by atoms with Gasteiger partial charge in [-0.05, 0) is 65.9 Å². The first-order valence-electron chi connectivity index (χ1n) is 9.33. The number of carbonyl (C=O) groups excluding carboxylic acids is 1. The maximum Gasteiger partial charge on any atom is 0.224 e. The molecule has 8 nitrogen and oxygen atoms in total. The zero-order chi connectivity index (χ0) is 19.5. The minimum Gasteiger partial charge on any atom is -0.393 e. The van der Waals surface area contributed by atoms with Gasteiger partial charge in [0.2, 0.25) is 5.91 Å². The van der Waals surface area contributed by atoms with E-state index in [-0.39, 0.29) is 30.4 Å². The number of aliphatic hydroxyl groups is 1. The molecule has 1 amide bonds. The van der Waals surface area contributed by atoms with Crippen LogP contribution >= 0.6 is 0 Å². The van der Waals surface area contributed by atoms with Gasteiger partial charge in [-0.1, -0.05) is 18.2 Å². The molecule has 28 heavy (non-hydrogen) atoms. The number of tetrazole rings is 1. The van der Waals surface area contributed by atoms with E-state index < -0.39 is 0 Å². The van der Waals surface area contributed by atoms with Crippen LogP contribution in [0.3, 0.4) is 0 Å². The van der Waals surface area contributed by atoms with E-state index in [1.807, 2.05) is 49.4 Å². The van der Waals surface area contributed by atoms with Gasteiger partial charge in [-0.3, -0.25) is 9.78 Å². The Morgan fingerprint density at radius 2 is 2.04 bits per heavy atom. The molecule has 3 aromatic rings. The number of hydrogen-bond acceptors (Lipinski definition) is 6. The van der Waals surface area contributed by atoms with Crippen molar-refractivity contribution < 1.29 is 9.90 Å². The summed E-state index contributed by atoms with van der Waals surface area (Å²) in [5.41, 5.74) is 2.58. The molecule has 1 saturated carbocycles. The number of pyridine rings is 1. The van der Waals surface area contributed by atoms with Crippen LogP contribution in [0.1, 0.15) is 36.0 Å². The molecule has 2 aromatic heterocycles. The highest BCUT2D eigenvalue weighted by atomic mass is 16.3. The molecular weight excluding hydrogens is 356 g/mol. The minimum atomic E-state index is -0.282. The van der Waals surface area contributed by atoms with Crippen LogP contribution in [0.15, 0.2) is 48.7 Å². The molecule has 0 unspecified atom stereocenters. The summed E-state index contributed by atoms with van der Waals surface area (Å²) < 4.78 is 1.64. The number of nitrogens with one attached hydrogen (secondary N) is 1. The molecule has 1 aromatic carbocycles. The van der Waals surface area contributed by atoms with Crippen molar-refractivity contribution in [3.63, 3.8) is 0 Å². The Labute approximate surface area is 162 Å². The number of aliphatic hydroxyl groups excluding tert-OH is 1. The molecular formula is C20H22N6O2. The number of amides is 1. The van der Waals surface area contributed by atoms with Crippen molar-refractivity contribution in [3.05, 3.63) is 65.7 Å². The van der Waals surface area contributed by atoms with E-state index in [0.29, 0.717) is 18.7 Å². The van der Waals surface area contributed by atoms with Gasteiger partial charge in [0.05, 0.1) is 29.9 Å². The third-order valence-electron chi connectivity index (χ3n) is 5.11. The average Bonchev–Trinajstić information content (AvgIpc) is 3.11. The Morgan fingerprint density at radius 3 is 2.64 bits per heavy atom. The Hall–Kier alpha value is -3.13. The summed E-state index contributed by atoms with van der Waals surface area (Å²) in [6, 6.07) is 13.1. The first-order chi connectivity index (χ1) is 13.6. The van der Waals surface area contributed by atoms with Crippen molar-refractivity contribution in [1.82, 2.24) is 30.5 Å². The first kappa shape index (κ1) is 18.2. The average molecular weight is 378 g/mol. The zero-order valence-electron chi connectivity index (χ0n) is 15.6. The van der Waals surface area contributed by atoms with Gasteiger partial charge in [0.1, 0.15) is 0 Å². The monoisotopic (exact) mass is 378 g/mol. The third kappa shape index (κ3) is 3.91. The largest absolute Gasteiger partial charge is 0.393 e. The molecule has 0 spiro atoms. The number of hydrogen-bond donors (Lipinski definition) is 2. The van der Waals surface area contributed by atoms with Crippen LogP contribution in [0.2, 0.25) is 0 Å². The number of aryl methyl sites for hydroxylation is 1. The smallest absolute Gasteiger partial charge is 0.224 e. The van der Waals surface area contributed by atoms with Gasteiger partial charge in [-0.2, -0.15) is 4.68 Å². The fraction of sp³-hybridized carbons (Fsp3) is 0.350. The Kier molecular flexibility index (Phi) is 5.12. The summed E-state index contributed by atoms with van der Waals surface area (Å²) in [7, 11) is 0. The lowest BCUT2D eigenvalue weighted by Crippen LogP contribution is -2.42. The van der Waals surface area contributed by atoms with Gasteiger partial charge in [-0.15, -0.1) is 5.10 Å². The molecule has 1 atom stereocenters. The van der Waals surface area contributed by atoms with Crippen molar-refractivity contribution in [2.45, 2.75) is 38.3 Å². The lowest BCUT2D eigenvalue weighted by Gasteiger charge is -2.37. The van der Waals surface area contributed by atoms with E-state index in [1.54, 1.807) is 10.9 Å². The van der Waals surface area contributed by atoms with Gasteiger partial charge in [0.15, 0.2) is 5.82 Å². The molecule has 1 fully saturated rings. The Bertz CT molecular complexity index is 935. The number of aromatic nitrogens is 5. The van der Waals surface area contributed by atoms with Crippen LogP contribution in [0.25, 0.3) is 5.69 Å². The molecule has 0 radical (unpaired) electrons. The second kappa shape index (κ2) is 7.85. The van der Waals surface area contributed by atoms with Crippen molar-refractivity contribution in [2.24, 2.45) is 5.92 Å². The molecule has 8 heteroatoms. The van der Waals surface area contributed by atoms with Gasteiger partial charge in [-0.25, -0.2) is 0 Å². The SMILES string of the molecule is Cc1nnnn1-c1ccc(CC(=O)N[C@H](c2ccccn2)C2CC(O)C2)cc1. The molecule has 0 saturated heterocycles. The normalized spacial score (nSPS) is 19.6. The predicted molar refractivity (Wildman–Crippen MR) is 101 cm³/mol. The zero-order valence-corrected chi connectivity index (χ0v) is 15.6. The van der Waals surface area contributed by atoms with Gasteiger partial charge in [0.25, 0.3) is 0 Å². The fourth-order valence-corrected chi connectivity index (χ4v) is 3.53. The topological polar surface area (TPSA) is 106 Å². The maximum atomic E-state index is 12.7. The quantitative estimate of drug-likeness (QED) is 0.674. The second-order valence-corrected chi connectivity index (χ2v) is 7.17. The predicted octanol–water partition coefficient (Wildman–Crippen LogP) is 1.54. The van der Waals surface area contributed by atoms with Crippen LogP contribution in [0.4, 0.5) is 0 Å². The van der Waals surface area contributed by atoms with Crippen molar-refractivity contribution in [2.75, 3.05) is 0 Å². The van der Waals surface area contributed by atoms with Crippen LogP contribution in [-0.2, 0) is 11.2 Å². The van der Waals surface area contributed by atoms with Crippen molar-refractivity contribution in [3.8, 4) is 5.69 Å². The summed E-state index contributed by atoms with van der Waals surface area (Å²) in [6.45, 7) is 1.83. The van der Waals surface area contributed by atoms with Crippen molar-refractivity contribution >= 4 is 5.91 Å². The fourth-order valence-electron chi connectivity index (χ4n) is 3.53. The van der Waals surface area contributed by atoms with E-state index in [9.17, 15) is 9.90 Å². The standard InChI is InChI=1S/C20H22N6O2/c1-13-23-24-25-26(13)16-7-5-14(6-8-16)10-19(28)22-20(15-11-17(27)12-15)18-4-2-3-9-21-18/h2-9,15,17,20,27H,10-12H2,1H3,(H,22,28)/t15?,17?,20-/m0/s1. The Balaban J connectivity index is 1.43. The van der Waals surface area contributed by atoms with Crippen LogP contribution in [-0.4, -0.2) is 42.3 Å². The highest BCUT2D eigenvalue weighted by molar-refractivity contribution is 5.79. The van der Waals surface area contributed by atoms with Gasteiger partial charge in [0, 0.05) is 6.20 Å². The number of rotatable bonds is 6. The first-order valence-corrected chi connectivity index (χ1v) is 9.33. The van der Waals surface area contributed by atoms with Crippen LogP contribution in [0, 0.1) is 12.8 Å². The molecule has 0 bridgehead atoms.